The van der Waals surface area contributed by atoms with Gasteiger partial charge in [-0.15, -0.1) is 0 Å². The highest BCUT2D eigenvalue weighted by Gasteiger charge is 2.18. The lowest BCUT2D eigenvalue weighted by molar-refractivity contribution is 0.211. The van der Waals surface area contributed by atoms with Gasteiger partial charge in [0.25, 0.3) is 0 Å². The third-order valence-corrected chi connectivity index (χ3v) is 4.13. The summed E-state index contributed by atoms with van der Waals surface area (Å²) in [6.45, 7) is 0. The Hall–Kier alpha value is -4.32. The second kappa shape index (κ2) is 6.77. The molecule has 0 bridgehead atoms. The molecule has 9 nitrogen and oxygen atoms in total. The van der Waals surface area contributed by atoms with Gasteiger partial charge in [-0.25, -0.2) is 14.8 Å². The maximum atomic E-state index is 11.1. The molecule has 0 aliphatic rings. The van der Waals surface area contributed by atoms with E-state index in [1.807, 2.05) is 12.1 Å². The summed E-state index contributed by atoms with van der Waals surface area (Å²) in [6, 6.07) is 12.5. The number of carbonyl (C=O) groups excluding carboxylic acids is 1. The molecule has 0 spiro atoms. The normalized spacial score (nSPS) is 10.6. The van der Waals surface area contributed by atoms with Gasteiger partial charge in [-0.1, -0.05) is 6.07 Å². The largest absolute Gasteiger partial charge is 0.495 e. The van der Waals surface area contributed by atoms with Crippen molar-refractivity contribution >= 4 is 17.1 Å². The molecule has 3 heterocycles. The van der Waals surface area contributed by atoms with E-state index >= 15 is 0 Å². The number of primary amides is 1. The number of nitrogens with one attached hydrogen (secondary N) is 1. The van der Waals surface area contributed by atoms with Crippen molar-refractivity contribution in [1.82, 2.24) is 19.5 Å². The Morgan fingerprint density at radius 1 is 1.25 bits per heavy atom. The molecule has 3 N–H and O–H groups in total. The van der Waals surface area contributed by atoms with E-state index < -0.39 is 6.09 Å². The van der Waals surface area contributed by atoms with E-state index in [1.54, 1.807) is 41.2 Å². The summed E-state index contributed by atoms with van der Waals surface area (Å²) in [6.07, 6.45) is 2.42. The van der Waals surface area contributed by atoms with Crippen LogP contribution in [-0.2, 0) is 0 Å². The van der Waals surface area contributed by atoms with Crippen LogP contribution in [0.4, 0.5) is 4.79 Å². The smallest absolute Gasteiger partial charge is 0.410 e. The molecule has 0 atom stereocenters. The van der Waals surface area contributed by atoms with Crippen molar-refractivity contribution in [3.63, 3.8) is 0 Å². The number of aromatic nitrogens is 4. The molecule has 138 valence electrons. The molecule has 4 aromatic rings. The molecule has 4 rings (SSSR count). The number of para-hydroxylation sites is 1. The summed E-state index contributed by atoms with van der Waals surface area (Å²) in [4.78, 5) is 23.2. The molecule has 0 aliphatic carbocycles. The van der Waals surface area contributed by atoms with Gasteiger partial charge in [-0.2, -0.15) is 5.26 Å². The summed E-state index contributed by atoms with van der Waals surface area (Å²) in [5, 5.41) is 9.56. The number of benzene rings is 1. The maximum absolute atomic E-state index is 11.1. The molecule has 1 aromatic carbocycles. The summed E-state index contributed by atoms with van der Waals surface area (Å²) in [5.41, 5.74) is 7.22. The second-order valence-electron chi connectivity index (χ2n) is 5.75. The highest BCUT2D eigenvalue weighted by atomic mass is 16.5. The van der Waals surface area contributed by atoms with Crippen LogP contribution in [0.5, 0.6) is 11.5 Å². The number of methoxy groups -OCH3 is 1. The van der Waals surface area contributed by atoms with E-state index in [9.17, 15) is 10.1 Å². The monoisotopic (exact) mass is 374 g/mol. The Morgan fingerprint density at radius 3 is 2.86 bits per heavy atom. The number of carbonyl (C=O) groups is 1. The van der Waals surface area contributed by atoms with Crippen molar-refractivity contribution in [2.75, 3.05) is 7.11 Å². The van der Waals surface area contributed by atoms with Gasteiger partial charge in [0.15, 0.2) is 17.4 Å². The lowest BCUT2D eigenvalue weighted by atomic mass is 10.2. The van der Waals surface area contributed by atoms with Crippen molar-refractivity contribution in [2.45, 2.75) is 0 Å². The maximum Gasteiger partial charge on any atom is 0.410 e. The number of fused-ring (bicyclic) bond motifs is 1. The number of rotatable bonds is 4. The summed E-state index contributed by atoms with van der Waals surface area (Å²) in [7, 11) is 1.50. The third-order valence-electron chi connectivity index (χ3n) is 4.13. The number of hydrogen-bond donors (Lipinski definition) is 2. The quantitative estimate of drug-likeness (QED) is 0.564. The molecular weight excluding hydrogens is 360 g/mol. The number of ether oxygens (including phenoxy) is 2. The number of imidazole rings is 1. The summed E-state index contributed by atoms with van der Waals surface area (Å²) in [5.74, 6) is 1.60. The van der Waals surface area contributed by atoms with Crippen molar-refractivity contribution < 1.29 is 14.3 Å². The van der Waals surface area contributed by atoms with Crippen molar-refractivity contribution in [1.29, 1.82) is 5.26 Å². The molecule has 0 aliphatic heterocycles. The lowest BCUT2D eigenvalue weighted by Crippen LogP contribution is -2.16. The Labute approximate surface area is 159 Å². The summed E-state index contributed by atoms with van der Waals surface area (Å²) >= 11 is 0. The fourth-order valence-corrected chi connectivity index (χ4v) is 2.97. The minimum absolute atomic E-state index is 0.253. The number of pyridine rings is 1. The second-order valence-corrected chi connectivity index (χ2v) is 5.75. The first-order valence-corrected chi connectivity index (χ1v) is 8.19. The molecule has 0 saturated heterocycles. The zero-order valence-corrected chi connectivity index (χ0v) is 14.7. The SMILES string of the molecule is COc1ccnc(-n2cccc2-c2nc3c(OC(N)=O)cccc3[nH]2)c1C#N. The summed E-state index contributed by atoms with van der Waals surface area (Å²) < 4.78 is 12.0. The zero-order chi connectivity index (χ0) is 19.7. The van der Waals surface area contributed by atoms with E-state index in [0.717, 1.165) is 0 Å². The first-order chi connectivity index (χ1) is 13.6. The van der Waals surface area contributed by atoms with Gasteiger partial charge in [0.05, 0.1) is 18.3 Å². The van der Waals surface area contributed by atoms with Gasteiger partial charge in [0.1, 0.15) is 22.9 Å². The molecule has 0 radical (unpaired) electrons. The van der Waals surface area contributed by atoms with Gasteiger partial charge >= 0.3 is 6.09 Å². The van der Waals surface area contributed by atoms with Crippen LogP contribution in [-0.4, -0.2) is 32.7 Å². The lowest BCUT2D eigenvalue weighted by Gasteiger charge is -2.10. The first kappa shape index (κ1) is 17.1. The van der Waals surface area contributed by atoms with Gasteiger partial charge < -0.3 is 20.2 Å². The molecule has 0 fully saturated rings. The zero-order valence-electron chi connectivity index (χ0n) is 14.7. The fraction of sp³-hybridized carbons (Fsp3) is 0.0526. The number of aromatic amines is 1. The van der Waals surface area contributed by atoms with Gasteiger partial charge in [-0.05, 0) is 30.3 Å². The minimum atomic E-state index is -0.917. The first-order valence-electron chi connectivity index (χ1n) is 8.19. The van der Waals surface area contributed by atoms with E-state index in [2.05, 4.69) is 21.0 Å². The van der Waals surface area contributed by atoms with Crippen LogP contribution in [0.2, 0.25) is 0 Å². The molecular formula is C19H14N6O3. The number of hydrogen-bond acceptors (Lipinski definition) is 6. The Kier molecular flexibility index (Phi) is 4.14. The number of nitrogens with two attached hydrogens (primary N) is 1. The number of H-pyrrole nitrogens is 1. The van der Waals surface area contributed by atoms with E-state index in [0.29, 0.717) is 39.7 Å². The van der Waals surface area contributed by atoms with Crippen molar-refractivity contribution in [3.8, 4) is 34.9 Å². The average Bonchev–Trinajstić information content (AvgIpc) is 3.33. The van der Waals surface area contributed by atoms with Crippen molar-refractivity contribution in [3.05, 3.63) is 54.4 Å². The number of nitrogens with zero attached hydrogens (tertiary/aromatic N) is 4. The fourth-order valence-electron chi connectivity index (χ4n) is 2.97. The Bertz CT molecular complexity index is 1230. The third kappa shape index (κ3) is 2.79. The molecule has 28 heavy (non-hydrogen) atoms. The predicted octanol–water partition coefficient (Wildman–Crippen LogP) is 2.75. The standard InChI is InChI=1S/C19H14N6O3/c1-27-14-7-8-22-18(11(14)10-20)25-9-3-5-13(25)17-23-12-4-2-6-15(16(12)24-17)28-19(21)26/h2-9H,1H3,(H2,21,26)(H,23,24). The Balaban J connectivity index is 1.87. The number of nitriles is 1. The van der Waals surface area contributed by atoms with Crippen LogP contribution in [0.25, 0.3) is 28.4 Å². The van der Waals surface area contributed by atoms with Gasteiger partial charge in [0.2, 0.25) is 0 Å². The van der Waals surface area contributed by atoms with E-state index in [1.165, 1.54) is 7.11 Å². The van der Waals surface area contributed by atoms with Crippen LogP contribution in [0.1, 0.15) is 5.56 Å². The van der Waals surface area contributed by atoms with Crippen LogP contribution in [0.3, 0.4) is 0 Å². The molecule has 0 unspecified atom stereocenters. The minimum Gasteiger partial charge on any atom is -0.495 e. The molecule has 1 amide bonds. The highest BCUT2D eigenvalue weighted by molar-refractivity contribution is 5.86. The predicted molar refractivity (Wildman–Crippen MR) is 100 cm³/mol. The Morgan fingerprint density at radius 2 is 2.11 bits per heavy atom. The van der Waals surface area contributed by atoms with E-state index in [4.69, 9.17) is 15.2 Å². The highest BCUT2D eigenvalue weighted by Crippen LogP contribution is 2.30. The van der Waals surface area contributed by atoms with Crippen LogP contribution in [0.15, 0.2) is 48.8 Å². The molecule has 0 saturated carbocycles. The van der Waals surface area contributed by atoms with Crippen LogP contribution >= 0.6 is 0 Å². The van der Waals surface area contributed by atoms with Crippen molar-refractivity contribution in [2.24, 2.45) is 5.73 Å². The van der Waals surface area contributed by atoms with Crippen LogP contribution < -0.4 is 15.2 Å². The molecule has 3 aromatic heterocycles. The van der Waals surface area contributed by atoms with Crippen LogP contribution in [0, 0.1) is 11.3 Å². The topological polar surface area (TPSA) is 132 Å². The average molecular weight is 374 g/mol. The van der Waals surface area contributed by atoms with Gasteiger partial charge in [-0.3, -0.25) is 4.57 Å². The van der Waals surface area contributed by atoms with E-state index in [-0.39, 0.29) is 5.75 Å². The number of amides is 1. The van der Waals surface area contributed by atoms with Gasteiger partial charge in [0, 0.05) is 12.4 Å². The molecule has 9 heteroatoms.